The van der Waals surface area contributed by atoms with Crippen LogP contribution >= 0.6 is 0 Å². The third-order valence-corrected chi connectivity index (χ3v) is 5.09. The molecule has 2 rings (SSSR count). The number of ether oxygens (including phenoxy) is 2. The number of benzene rings is 1. The summed E-state index contributed by atoms with van der Waals surface area (Å²) in [5.41, 5.74) is 0.904. The molecule has 0 aromatic heterocycles. The maximum Gasteiger partial charge on any atom is 0.243 e. The Morgan fingerprint density at radius 2 is 2.20 bits per heavy atom. The average molecular weight is 301 g/mol. The van der Waals surface area contributed by atoms with Crippen LogP contribution in [0.15, 0.2) is 23.1 Å². The number of hydrogen-bond donors (Lipinski definition) is 1. The Hall–Kier alpha value is -1.15. The van der Waals surface area contributed by atoms with Crippen molar-refractivity contribution in [2.24, 2.45) is 0 Å². The van der Waals surface area contributed by atoms with Gasteiger partial charge in [-0.1, -0.05) is 0 Å². The number of sulfonamides is 1. The smallest absolute Gasteiger partial charge is 0.243 e. The van der Waals surface area contributed by atoms with Gasteiger partial charge in [-0.3, -0.25) is 0 Å². The fourth-order valence-corrected chi connectivity index (χ4v) is 3.60. The molecule has 20 heavy (non-hydrogen) atoms. The minimum atomic E-state index is -3.62. The molecule has 7 heteroatoms. The third-order valence-electron chi connectivity index (χ3n) is 3.19. The first-order valence-corrected chi connectivity index (χ1v) is 7.89. The summed E-state index contributed by atoms with van der Waals surface area (Å²) >= 11 is 0. The summed E-state index contributed by atoms with van der Waals surface area (Å²) in [6, 6.07) is 4.87. The molecule has 0 spiro atoms. The summed E-state index contributed by atoms with van der Waals surface area (Å²) in [4.78, 5) is 0.228. The molecule has 1 heterocycles. The first-order chi connectivity index (χ1) is 9.59. The van der Waals surface area contributed by atoms with Crippen molar-refractivity contribution in [2.75, 3.05) is 40.0 Å². The van der Waals surface area contributed by atoms with Crippen LogP contribution in [0, 0.1) is 0 Å². The fraction of sp³-hybridized carbons (Fsp3) is 0.538. The van der Waals surface area contributed by atoms with E-state index in [1.54, 1.807) is 12.1 Å². The first kappa shape index (κ1) is 15.2. The molecule has 0 aliphatic carbocycles. The predicted octanol–water partition coefficient (Wildman–Crippen LogP) is 0.251. The summed E-state index contributed by atoms with van der Waals surface area (Å²) in [6.07, 6.45) is 0.719. The number of rotatable bonds is 7. The average Bonchev–Trinajstić information content (AvgIpc) is 2.90. The Kier molecular flexibility index (Phi) is 4.98. The molecule has 0 bridgehead atoms. The van der Waals surface area contributed by atoms with E-state index in [4.69, 9.17) is 14.6 Å². The van der Waals surface area contributed by atoms with Crippen molar-refractivity contribution in [3.63, 3.8) is 0 Å². The second kappa shape index (κ2) is 6.53. The van der Waals surface area contributed by atoms with E-state index in [1.165, 1.54) is 17.5 Å². The SMILES string of the molecule is COCCN(CCO)S(=O)(=O)c1ccc2c(c1)CCO2. The second-order valence-corrected chi connectivity index (χ2v) is 6.43. The van der Waals surface area contributed by atoms with Gasteiger partial charge in [0.05, 0.1) is 24.7 Å². The number of fused-ring (bicyclic) bond motifs is 1. The summed E-state index contributed by atoms with van der Waals surface area (Å²) in [5, 5.41) is 9.03. The Balaban J connectivity index is 2.27. The van der Waals surface area contributed by atoms with Crippen LogP contribution in [-0.4, -0.2) is 57.8 Å². The quantitative estimate of drug-likeness (QED) is 0.781. The van der Waals surface area contributed by atoms with Crippen LogP contribution in [0.3, 0.4) is 0 Å². The van der Waals surface area contributed by atoms with Gasteiger partial charge in [0.2, 0.25) is 10.0 Å². The number of nitrogens with zero attached hydrogens (tertiary/aromatic N) is 1. The topological polar surface area (TPSA) is 76.1 Å². The molecule has 0 atom stereocenters. The van der Waals surface area contributed by atoms with Gasteiger partial charge in [0.1, 0.15) is 5.75 Å². The molecule has 1 aromatic rings. The van der Waals surface area contributed by atoms with Gasteiger partial charge in [-0.2, -0.15) is 4.31 Å². The molecule has 0 saturated carbocycles. The highest BCUT2D eigenvalue weighted by molar-refractivity contribution is 7.89. The molecule has 0 unspecified atom stereocenters. The molecule has 1 N–H and O–H groups in total. The highest BCUT2D eigenvalue weighted by Crippen LogP contribution is 2.28. The van der Waals surface area contributed by atoms with Gasteiger partial charge in [-0.15, -0.1) is 0 Å². The maximum atomic E-state index is 12.5. The molecule has 112 valence electrons. The van der Waals surface area contributed by atoms with Gasteiger partial charge in [0.25, 0.3) is 0 Å². The molecule has 6 nitrogen and oxygen atoms in total. The lowest BCUT2D eigenvalue weighted by molar-refractivity contribution is 0.168. The van der Waals surface area contributed by atoms with Gasteiger partial charge >= 0.3 is 0 Å². The fourth-order valence-electron chi connectivity index (χ4n) is 2.13. The minimum Gasteiger partial charge on any atom is -0.493 e. The van der Waals surface area contributed by atoms with E-state index in [9.17, 15) is 8.42 Å². The van der Waals surface area contributed by atoms with Crippen LogP contribution in [0.25, 0.3) is 0 Å². The van der Waals surface area contributed by atoms with Crippen molar-refractivity contribution >= 4 is 10.0 Å². The summed E-state index contributed by atoms with van der Waals surface area (Å²) in [7, 11) is -2.11. The highest BCUT2D eigenvalue weighted by Gasteiger charge is 2.25. The summed E-state index contributed by atoms with van der Waals surface area (Å²) in [5.74, 6) is 0.745. The number of aliphatic hydroxyl groups is 1. The van der Waals surface area contributed by atoms with E-state index in [-0.39, 0.29) is 31.2 Å². The van der Waals surface area contributed by atoms with Gasteiger partial charge < -0.3 is 14.6 Å². The largest absolute Gasteiger partial charge is 0.493 e. The van der Waals surface area contributed by atoms with Gasteiger partial charge in [0, 0.05) is 26.6 Å². The van der Waals surface area contributed by atoms with Crippen molar-refractivity contribution < 1.29 is 23.0 Å². The predicted molar refractivity (Wildman–Crippen MR) is 73.4 cm³/mol. The normalized spacial score (nSPS) is 14.3. The summed E-state index contributed by atoms with van der Waals surface area (Å²) in [6.45, 7) is 0.916. The van der Waals surface area contributed by atoms with Crippen LogP contribution in [0.1, 0.15) is 5.56 Å². The van der Waals surface area contributed by atoms with E-state index in [0.717, 1.165) is 17.7 Å². The molecular weight excluding hydrogens is 282 g/mol. The van der Waals surface area contributed by atoms with Crippen molar-refractivity contribution in [1.29, 1.82) is 0 Å². The lowest BCUT2D eigenvalue weighted by atomic mass is 10.2. The van der Waals surface area contributed by atoms with E-state index in [1.807, 2.05) is 0 Å². The van der Waals surface area contributed by atoms with Crippen LogP contribution in [-0.2, 0) is 21.2 Å². The van der Waals surface area contributed by atoms with Crippen molar-refractivity contribution in [1.82, 2.24) is 4.31 Å². The Morgan fingerprint density at radius 1 is 1.40 bits per heavy atom. The first-order valence-electron chi connectivity index (χ1n) is 6.45. The maximum absolute atomic E-state index is 12.5. The molecule has 1 aliphatic rings. The Morgan fingerprint density at radius 3 is 2.90 bits per heavy atom. The van der Waals surface area contributed by atoms with Crippen LogP contribution in [0.2, 0.25) is 0 Å². The zero-order chi connectivity index (χ0) is 14.6. The van der Waals surface area contributed by atoms with Gasteiger partial charge in [0.15, 0.2) is 0 Å². The Bertz CT molecular complexity index is 558. The monoisotopic (exact) mass is 301 g/mol. The van der Waals surface area contributed by atoms with E-state index >= 15 is 0 Å². The van der Waals surface area contributed by atoms with Gasteiger partial charge in [-0.05, 0) is 23.8 Å². The van der Waals surface area contributed by atoms with Crippen LogP contribution in [0.4, 0.5) is 0 Å². The minimum absolute atomic E-state index is 0.0548. The zero-order valence-corrected chi connectivity index (χ0v) is 12.2. The van der Waals surface area contributed by atoms with E-state index in [0.29, 0.717) is 6.61 Å². The van der Waals surface area contributed by atoms with Crippen molar-refractivity contribution in [2.45, 2.75) is 11.3 Å². The molecular formula is C13H19NO5S. The lowest BCUT2D eigenvalue weighted by Crippen LogP contribution is -2.36. The lowest BCUT2D eigenvalue weighted by Gasteiger charge is -2.21. The van der Waals surface area contributed by atoms with Gasteiger partial charge in [-0.25, -0.2) is 8.42 Å². The second-order valence-electron chi connectivity index (χ2n) is 4.49. The molecule has 1 aromatic carbocycles. The van der Waals surface area contributed by atoms with E-state index < -0.39 is 10.0 Å². The number of hydrogen-bond acceptors (Lipinski definition) is 5. The van der Waals surface area contributed by atoms with E-state index in [2.05, 4.69) is 0 Å². The zero-order valence-electron chi connectivity index (χ0n) is 11.4. The number of methoxy groups -OCH3 is 1. The molecule has 0 saturated heterocycles. The third kappa shape index (κ3) is 3.12. The van der Waals surface area contributed by atoms with Crippen molar-refractivity contribution in [3.8, 4) is 5.75 Å². The molecule has 1 aliphatic heterocycles. The highest BCUT2D eigenvalue weighted by atomic mass is 32.2. The molecule has 0 amide bonds. The Labute approximate surface area is 119 Å². The van der Waals surface area contributed by atoms with Crippen LogP contribution < -0.4 is 4.74 Å². The molecule has 0 fully saturated rings. The number of aliphatic hydroxyl groups excluding tert-OH is 1. The van der Waals surface area contributed by atoms with Crippen molar-refractivity contribution in [3.05, 3.63) is 23.8 Å². The van der Waals surface area contributed by atoms with Crippen LogP contribution in [0.5, 0.6) is 5.75 Å². The summed E-state index contributed by atoms with van der Waals surface area (Å²) < 4.78 is 36.6. The standard InChI is InChI=1S/C13H19NO5S/c1-18-9-6-14(5-7-15)20(16,17)12-2-3-13-11(10-12)4-8-19-13/h2-3,10,15H,4-9H2,1H3. The molecule has 0 radical (unpaired) electrons.